The molecule has 3 N–H and O–H groups in total. The second-order valence-corrected chi connectivity index (χ2v) is 3.59. The van der Waals surface area contributed by atoms with Gasteiger partial charge in [-0.25, -0.2) is 0 Å². The first-order valence-electron chi connectivity index (χ1n) is 5.22. The largest absolute Gasteiger partial charge is 0.481 e. The maximum atomic E-state index is 11.3. The molecule has 1 amide bonds. The summed E-state index contributed by atoms with van der Waals surface area (Å²) in [5.41, 5.74) is 0. The Morgan fingerprint density at radius 1 is 1.33 bits per heavy atom. The Kier molecular flexibility index (Phi) is 6.70. The number of carboxylic acids is 1. The first kappa shape index (κ1) is 13.9. The maximum absolute atomic E-state index is 11.3. The van der Waals surface area contributed by atoms with Gasteiger partial charge in [-0.3, -0.25) is 9.59 Å². The summed E-state index contributed by atoms with van der Waals surface area (Å²) in [5, 5.41) is 14.4. The topological polar surface area (TPSA) is 78.4 Å². The molecule has 88 valence electrons. The molecule has 0 aromatic carbocycles. The van der Waals surface area contributed by atoms with Gasteiger partial charge in [0.2, 0.25) is 5.91 Å². The monoisotopic (exact) mass is 216 g/mol. The third-order valence-corrected chi connectivity index (χ3v) is 2.31. The van der Waals surface area contributed by atoms with Gasteiger partial charge in [0.1, 0.15) is 0 Å². The zero-order chi connectivity index (χ0) is 11.8. The molecule has 0 aromatic rings. The summed E-state index contributed by atoms with van der Waals surface area (Å²) in [7, 11) is 0. The second kappa shape index (κ2) is 7.23. The van der Waals surface area contributed by atoms with E-state index >= 15 is 0 Å². The van der Waals surface area contributed by atoms with E-state index in [4.69, 9.17) is 5.11 Å². The van der Waals surface area contributed by atoms with Crippen LogP contribution in [0.25, 0.3) is 0 Å². The van der Waals surface area contributed by atoms with Gasteiger partial charge >= 0.3 is 5.97 Å². The molecule has 0 saturated heterocycles. The fourth-order valence-electron chi connectivity index (χ4n) is 1.04. The molecule has 0 fully saturated rings. The van der Waals surface area contributed by atoms with Gasteiger partial charge in [0.05, 0.1) is 5.92 Å². The lowest BCUT2D eigenvalue weighted by molar-refractivity contribution is -0.142. The average molecular weight is 216 g/mol. The van der Waals surface area contributed by atoms with Crippen LogP contribution in [0.1, 0.15) is 27.2 Å². The minimum atomic E-state index is -0.894. The van der Waals surface area contributed by atoms with Gasteiger partial charge in [-0.15, -0.1) is 0 Å². The fourth-order valence-corrected chi connectivity index (χ4v) is 1.04. The Hall–Kier alpha value is -1.10. The van der Waals surface area contributed by atoms with Crippen LogP contribution in [0.5, 0.6) is 0 Å². The highest BCUT2D eigenvalue weighted by molar-refractivity contribution is 5.78. The van der Waals surface area contributed by atoms with Gasteiger partial charge in [-0.05, 0) is 20.4 Å². The number of carbonyl (C=O) groups excluding carboxylic acids is 1. The van der Waals surface area contributed by atoms with Gasteiger partial charge in [-0.1, -0.05) is 6.92 Å². The highest BCUT2D eigenvalue weighted by atomic mass is 16.4. The Bertz CT molecular complexity index is 219. The van der Waals surface area contributed by atoms with Gasteiger partial charge in [0.15, 0.2) is 0 Å². The van der Waals surface area contributed by atoms with Crippen LogP contribution in [0.15, 0.2) is 0 Å². The molecule has 5 heteroatoms. The predicted molar refractivity (Wildman–Crippen MR) is 57.6 cm³/mol. The van der Waals surface area contributed by atoms with Crippen LogP contribution >= 0.6 is 0 Å². The zero-order valence-electron chi connectivity index (χ0n) is 9.54. The Morgan fingerprint density at radius 3 is 2.40 bits per heavy atom. The van der Waals surface area contributed by atoms with Crippen LogP contribution in [0, 0.1) is 5.92 Å². The number of aliphatic carboxylic acids is 1. The molecule has 0 spiro atoms. The van der Waals surface area contributed by atoms with Crippen LogP contribution in [0.3, 0.4) is 0 Å². The third-order valence-electron chi connectivity index (χ3n) is 2.31. The molecule has 0 saturated carbocycles. The highest BCUT2D eigenvalue weighted by Crippen LogP contribution is 2.02. The molecule has 0 aromatic heterocycles. The van der Waals surface area contributed by atoms with Crippen LogP contribution < -0.4 is 10.6 Å². The summed E-state index contributed by atoms with van der Waals surface area (Å²) in [6, 6.07) is -0.336. The fraction of sp³-hybridized carbons (Fsp3) is 0.800. The molecule has 0 aliphatic rings. The molecule has 0 rings (SSSR count). The smallest absolute Gasteiger partial charge is 0.308 e. The molecule has 2 unspecified atom stereocenters. The van der Waals surface area contributed by atoms with Crippen molar-refractivity contribution in [2.75, 3.05) is 13.1 Å². The van der Waals surface area contributed by atoms with Gasteiger partial charge in [-0.2, -0.15) is 0 Å². The summed E-state index contributed by atoms with van der Waals surface area (Å²) in [5.74, 6) is -1.57. The summed E-state index contributed by atoms with van der Waals surface area (Å²) in [6.07, 6.45) is 0.379. The van der Waals surface area contributed by atoms with E-state index in [2.05, 4.69) is 10.6 Å². The molecular weight excluding hydrogens is 196 g/mol. The average Bonchev–Trinajstić information content (AvgIpc) is 2.16. The number of carbonyl (C=O) groups is 2. The molecule has 0 radical (unpaired) electrons. The Balaban J connectivity index is 3.80. The summed E-state index contributed by atoms with van der Waals surface area (Å²) in [4.78, 5) is 21.9. The van der Waals surface area contributed by atoms with E-state index in [0.29, 0.717) is 13.0 Å². The van der Waals surface area contributed by atoms with Crippen molar-refractivity contribution in [3.8, 4) is 0 Å². The molecule has 5 nitrogen and oxygen atoms in total. The second-order valence-electron chi connectivity index (χ2n) is 3.59. The molecule has 0 bridgehead atoms. The number of hydrogen-bond acceptors (Lipinski definition) is 3. The van der Waals surface area contributed by atoms with E-state index in [0.717, 1.165) is 6.54 Å². The van der Waals surface area contributed by atoms with E-state index in [1.54, 1.807) is 13.8 Å². The number of carboxylic acid groups (broad SMARTS) is 1. The Labute approximate surface area is 90.2 Å². The number of nitrogens with one attached hydrogen (secondary N) is 2. The van der Waals surface area contributed by atoms with E-state index < -0.39 is 11.9 Å². The zero-order valence-corrected chi connectivity index (χ0v) is 9.54. The van der Waals surface area contributed by atoms with Crippen LogP contribution in [-0.2, 0) is 9.59 Å². The molecule has 2 atom stereocenters. The quantitative estimate of drug-likeness (QED) is 0.532. The van der Waals surface area contributed by atoms with E-state index in [1.165, 1.54) is 0 Å². The van der Waals surface area contributed by atoms with Gasteiger partial charge in [0, 0.05) is 19.0 Å². The van der Waals surface area contributed by atoms with Crippen molar-refractivity contribution in [3.05, 3.63) is 0 Å². The molecule has 15 heavy (non-hydrogen) atoms. The molecule has 0 aliphatic heterocycles. The Morgan fingerprint density at radius 2 is 1.93 bits per heavy atom. The minimum Gasteiger partial charge on any atom is -0.481 e. The van der Waals surface area contributed by atoms with Crippen molar-refractivity contribution in [2.45, 2.75) is 33.2 Å². The van der Waals surface area contributed by atoms with Crippen molar-refractivity contribution in [1.29, 1.82) is 0 Å². The standard InChI is InChI=1S/C10H20N2O3/c1-4-11-6-5-9(13)12-8(3)7(2)10(14)15/h7-8,11H,4-6H2,1-3H3,(H,12,13)(H,14,15). The van der Waals surface area contributed by atoms with Crippen molar-refractivity contribution >= 4 is 11.9 Å². The number of rotatable bonds is 7. The molecule has 0 aliphatic carbocycles. The summed E-state index contributed by atoms with van der Waals surface area (Å²) < 4.78 is 0. The van der Waals surface area contributed by atoms with Gasteiger partial charge < -0.3 is 15.7 Å². The van der Waals surface area contributed by atoms with Crippen LogP contribution in [-0.4, -0.2) is 36.1 Å². The summed E-state index contributed by atoms with van der Waals surface area (Å²) in [6.45, 7) is 6.69. The molecule has 0 heterocycles. The lowest BCUT2D eigenvalue weighted by atomic mass is 10.0. The van der Waals surface area contributed by atoms with Crippen molar-refractivity contribution < 1.29 is 14.7 Å². The van der Waals surface area contributed by atoms with Crippen LogP contribution in [0.2, 0.25) is 0 Å². The highest BCUT2D eigenvalue weighted by Gasteiger charge is 2.20. The first-order chi connectivity index (χ1) is 6.99. The first-order valence-corrected chi connectivity index (χ1v) is 5.22. The predicted octanol–water partition coefficient (Wildman–Crippen LogP) is 0.211. The van der Waals surface area contributed by atoms with E-state index in [-0.39, 0.29) is 11.9 Å². The summed E-state index contributed by atoms with van der Waals surface area (Å²) >= 11 is 0. The van der Waals surface area contributed by atoms with Crippen molar-refractivity contribution in [3.63, 3.8) is 0 Å². The SMILES string of the molecule is CCNCCC(=O)NC(C)C(C)C(=O)O. The van der Waals surface area contributed by atoms with Crippen molar-refractivity contribution in [2.24, 2.45) is 5.92 Å². The third kappa shape index (κ3) is 6.06. The maximum Gasteiger partial charge on any atom is 0.308 e. The van der Waals surface area contributed by atoms with Gasteiger partial charge in [0.25, 0.3) is 0 Å². The molecular formula is C10H20N2O3. The van der Waals surface area contributed by atoms with Crippen LogP contribution in [0.4, 0.5) is 0 Å². The number of hydrogen-bond donors (Lipinski definition) is 3. The normalized spacial score (nSPS) is 14.3. The van der Waals surface area contributed by atoms with E-state index in [1.807, 2.05) is 6.92 Å². The van der Waals surface area contributed by atoms with Crippen molar-refractivity contribution in [1.82, 2.24) is 10.6 Å². The van der Waals surface area contributed by atoms with E-state index in [9.17, 15) is 9.59 Å². The number of amides is 1. The minimum absolute atomic E-state index is 0.114. The lowest BCUT2D eigenvalue weighted by Crippen LogP contribution is -2.40. The lowest BCUT2D eigenvalue weighted by Gasteiger charge is -2.17.